The van der Waals surface area contributed by atoms with Crippen LogP contribution < -0.4 is 5.32 Å². The van der Waals surface area contributed by atoms with Gasteiger partial charge in [-0.25, -0.2) is 0 Å². The van der Waals surface area contributed by atoms with Crippen molar-refractivity contribution in [2.75, 3.05) is 60.0 Å². The molecular weight excluding hydrogens is 218 g/mol. The molecule has 0 aliphatic rings. The topological polar surface area (TPSA) is 44.8 Å². The van der Waals surface area contributed by atoms with Gasteiger partial charge in [-0.3, -0.25) is 4.79 Å². The predicted octanol–water partition coefficient (Wildman–Crippen LogP) is 0.0226. The lowest BCUT2D eigenvalue weighted by molar-refractivity contribution is -0.131. The van der Waals surface area contributed by atoms with Gasteiger partial charge in [0.05, 0.1) is 13.2 Å². The van der Waals surface area contributed by atoms with Crippen molar-refractivity contribution in [3.05, 3.63) is 0 Å². The number of carbonyl (C=O) groups excluding carboxylic acids is 1. The lowest BCUT2D eigenvalue weighted by Crippen LogP contribution is -2.43. The zero-order valence-electron chi connectivity index (χ0n) is 11.7. The molecule has 0 unspecified atom stereocenters. The fraction of sp³-hybridized carbons (Fsp3) is 0.917. The summed E-state index contributed by atoms with van der Waals surface area (Å²) in [6.45, 7) is 9.66. The van der Waals surface area contributed by atoms with Crippen LogP contribution in [0.15, 0.2) is 0 Å². The highest BCUT2D eigenvalue weighted by Crippen LogP contribution is 1.94. The number of amides is 1. The molecule has 0 spiro atoms. The first-order valence-electron chi connectivity index (χ1n) is 6.33. The van der Waals surface area contributed by atoms with Crippen molar-refractivity contribution >= 4 is 5.91 Å². The Bertz CT molecular complexity index is 196. The minimum Gasteiger partial charge on any atom is -0.383 e. The zero-order chi connectivity index (χ0) is 13.1. The molecule has 17 heavy (non-hydrogen) atoms. The summed E-state index contributed by atoms with van der Waals surface area (Å²) >= 11 is 0. The first kappa shape index (κ1) is 16.4. The van der Waals surface area contributed by atoms with Gasteiger partial charge in [-0.15, -0.1) is 0 Å². The van der Waals surface area contributed by atoms with Gasteiger partial charge in [0.2, 0.25) is 5.91 Å². The Morgan fingerprint density at radius 1 is 1.18 bits per heavy atom. The van der Waals surface area contributed by atoms with Crippen molar-refractivity contribution in [2.45, 2.75) is 13.8 Å². The van der Waals surface area contributed by atoms with Gasteiger partial charge in [0.25, 0.3) is 0 Å². The first-order valence-corrected chi connectivity index (χ1v) is 6.33. The van der Waals surface area contributed by atoms with E-state index in [-0.39, 0.29) is 5.91 Å². The molecule has 0 radical (unpaired) electrons. The smallest absolute Gasteiger partial charge is 0.236 e. The summed E-state index contributed by atoms with van der Waals surface area (Å²) < 4.78 is 5.03. The van der Waals surface area contributed by atoms with Crippen molar-refractivity contribution in [2.24, 2.45) is 0 Å². The van der Waals surface area contributed by atoms with E-state index in [1.165, 1.54) is 0 Å². The fourth-order valence-corrected chi connectivity index (χ4v) is 1.63. The summed E-state index contributed by atoms with van der Waals surface area (Å²) in [5, 5.41) is 2.89. The van der Waals surface area contributed by atoms with Gasteiger partial charge in [0.15, 0.2) is 0 Å². The lowest BCUT2D eigenvalue weighted by atomic mass is 10.4. The minimum absolute atomic E-state index is 0.136. The Morgan fingerprint density at radius 2 is 1.82 bits per heavy atom. The number of nitrogens with zero attached hydrogens (tertiary/aromatic N) is 2. The number of rotatable bonds is 10. The molecule has 1 N–H and O–H groups in total. The van der Waals surface area contributed by atoms with Crippen LogP contribution in [0.5, 0.6) is 0 Å². The van der Waals surface area contributed by atoms with Crippen molar-refractivity contribution in [1.82, 2.24) is 15.1 Å². The number of hydrogen-bond donors (Lipinski definition) is 1. The number of carbonyl (C=O) groups is 1. The van der Waals surface area contributed by atoms with E-state index in [0.717, 1.165) is 26.2 Å². The van der Waals surface area contributed by atoms with E-state index in [1.54, 1.807) is 14.2 Å². The molecule has 0 aliphatic carbocycles. The SMILES string of the molecule is CCN(CC)CCN(CCOC)C(=O)CNC. The maximum Gasteiger partial charge on any atom is 0.236 e. The summed E-state index contributed by atoms with van der Waals surface area (Å²) in [6, 6.07) is 0. The van der Waals surface area contributed by atoms with Crippen LogP contribution in [-0.2, 0) is 9.53 Å². The number of nitrogens with one attached hydrogen (secondary N) is 1. The van der Waals surface area contributed by atoms with Gasteiger partial charge in [0.1, 0.15) is 0 Å². The van der Waals surface area contributed by atoms with Gasteiger partial charge in [-0.1, -0.05) is 13.8 Å². The van der Waals surface area contributed by atoms with E-state index in [9.17, 15) is 4.79 Å². The average molecular weight is 245 g/mol. The molecule has 0 aromatic rings. The van der Waals surface area contributed by atoms with Crippen molar-refractivity contribution in [3.8, 4) is 0 Å². The van der Waals surface area contributed by atoms with Crippen LogP contribution in [0, 0.1) is 0 Å². The molecule has 0 saturated heterocycles. The van der Waals surface area contributed by atoms with Gasteiger partial charge >= 0.3 is 0 Å². The molecule has 102 valence electrons. The molecule has 0 aromatic carbocycles. The largest absolute Gasteiger partial charge is 0.383 e. The number of ether oxygens (including phenoxy) is 1. The Kier molecular flexibility index (Phi) is 10.1. The average Bonchev–Trinajstić information content (AvgIpc) is 2.34. The highest BCUT2D eigenvalue weighted by atomic mass is 16.5. The number of hydrogen-bond acceptors (Lipinski definition) is 4. The third kappa shape index (κ3) is 7.31. The van der Waals surface area contributed by atoms with Crippen LogP contribution in [0.3, 0.4) is 0 Å². The van der Waals surface area contributed by atoms with Crippen LogP contribution >= 0.6 is 0 Å². The molecular formula is C12H27N3O2. The van der Waals surface area contributed by atoms with E-state index in [2.05, 4.69) is 24.1 Å². The van der Waals surface area contributed by atoms with E-state index in [0.29, 0.717) is 19.7 Å². The molecule has 5 nitrogen and oxygen atoms in total. The van der Waals surface area contributed by atoms with Crippen molar-refractivity contribution < 1.29 is 9.53 Å². The van der Waals surface area contributed by atoms with Gasteiger partial charge in [-0.05, 0) is 20.1 Å². The molecule has 0 bridgehead atoms. The minimum atomic E-state index is 0.136. The van der Waals surface area contributed by atoms with E-state index in [4.69, 9.17) is 4.74 Å². The summed E-state index contributed by atoms with van der Waals surface area (Å²) in [5.41, 5.74) is 0. The van der Waals surface area contributed by atoms with Crippen LogP contribution in [0.25, 0.3) is 0 Å². The van der Waals surface area contributed by atoms with Crippen LogP contribution in [-0.4, -0.2) is 75.7 Å². The molecule has 0 aliphatic heterocycles. The van der Waals surface area contributed by atoms with Crippen molar-refractivity contribution in [3.63, 3.8) is 0 Å². The van der Waals surface area contributed by atoms with Gasteiger partial charge in [0, 0.05) is 26.7 Å². The summed E-state index contributed by atoms with van der Waals surface area (Å²) in [4.78, 5) is 16.0. The third-order valence-corrected chi connectivity index (χ3v) is 2.83. The van der Waals surface area contributed by atoms with Gasteiger partial charge < -0.3 is 19.9 Å². The lowest BCUT2D eigenvalue weighted by Gasteiger charge is -2.26. The molecule has 0 atom stereocenters. The highest BCUT2D eigenvalue weighted by molar-refractivity contribution is 5.78. The maximum absolute atomic E-state index is 11.8. The van der Waals surface area contributed by atoms with Crippen LogP contribution in [0.2, 0.25) is 0 Å². The fourth-order valence-electron chi connectivity index (χ4n) is 1.63. The van der Waals surface area contributed by atoms with E-state index < -0.39 is 0 Å². The van der Waals surface area contributed by atoms with Gasteiger partial charge in [-0.2, -0.15) is 0 Å². The first-order chi connectivity index (χ1) is 8.19. The molecule has 0 heterocycles. The summed E-state index contributed by atoms with van der Waals surface area (Å²) in [5.74, 6) is 0.136. The Labute approximate surface area is 105 Å². The third-order valence-electron chi connectivity index (χ3n) is 2.83. The molecule has 5 heteroatoms. The number of likely N-dealkylation sites (N-methyl/N-ethyl adjacent to an activating group) is 2. The molecule has 0 rings (SSSR count). The Balaban J connectivity index is 4.12. The Morgan fingerprint density at radius 3 is 2.29 bits per heavy atom. The van der Waals surface area contributed by atoms with Crippen LogP contribution in [0.4, 0.5) is 0 Å². The maximum atomic E-state index is 11.8. The normalized spacial score (nSPS) is 10.9. The monoisotopic (exact) mass is 245 g/mol. The van der Waals surface area contributed by atoms with E-state index >= 15 is 0 Å². The molecule has 0 saturated carbocycles. The van der Waals surface area contributed by atoms with Crippen molar-refractivity contribution in [1.29, 1.82) is 0 Å². The number of methoxy groups -OCH3 is 1. The molecule has 0 aromatic heterocycles. The summed E-state index contributed by atoms with van der Waals surface area (Å²) in [7, 11) is 3.45. The predicted molar refractivity (Wildman–Crippen MR) is 70.2 cm³/mol. The van der Waals surface area contributed by atoms with E-state index in [1.807, 2.05) is 4.90 Å². The summed E-state index contributed by atoms with van der Waals surface area (Å²) in [6.07, 6.45) is 0. The second kappa shape index (κ2) is 10.5. The van der Waals surface area contributed by atoms with Crippen LogP contribution in [0.1, 0.15) is 13.8 Å². The highest BCUT2D eigenvalue weighted by Gasteiger charge is 2.12. The zero-order valence-corrected chi connectivity index (χ0v) is 11.7. The second-order valence-corrected chi connectivity index (χ2v) is 3.93. The molecule has 0 fully saturated rings. The Hall–Kier alpha value is -0.650. The standard InChI is InChI=1S/C12H27N3O2/c1-5-14(6-2)7-8-15(9-10-17-4)12(16)11-13-3/h13H,5-11H2,1-4H3. The molecule has 1 amide bonds. The second-order valence-electron chi connectivity index (χ2n) is 3.93. The quantitative estimate of drug-likeness (QED) is 0.589.